The first-order valence-electron chi connectivity index (χ1n) is 7.86. The molecule has 0 aromatic carbocycles. The minimum atomic E-state index is -0.0824. The summed E-state index contributed by atoms with van der Waals surface area (Å²) in [5.74, 6) is 1.46. The summed E-state index contributed by atoms with van der Waals surface area (Å²) < 4.78 is 5.24. The van der Waals surface area contributed by atoms with E-state index in [0.29, 0.717) is 23.7 Å². The molecule has 122 valence electrons. The van der Waals surface area contributed by atoms with Gasteiger partial charge in [-0.3, -0.25) is 4.79 Å². The highest BCUT2D eigenvalue weighted by Gasteiger charge is 2.29. The van der Waals surface area contributed by atoms with Crippen LogP contribution in [0.15, 0.2) is 22.9 Å². The predicted molar refractivity (Wildman–Crippen MR) is 84.0 cm³/mol. The topological polar surface area (TPSA) is 79.5 Å². The molecule has 1 aliphatic heterocycles. The summed E-state index contributed by atoms with van der Waals surface area (Å²) in [4.78, 5) is 23.2. The molecule has 0 aliphatic carbocycles. The van der Waals surface area contributed by atoms with Crippen molar-refractivity contribution in [3.05, 3.63) is 46.9 Å². The fourth-order valence-corrected chi connectivity index (χ4v) is 3.15. The van der Waals surface area contributed by atoms with Crippen molar-refractivity contribution >= 4 is 5.91 Å². The Hall–Kier alpha value is -2.21. The second kappa shape index (κ2) is 6.50. The number of aliphatic hydroxyl groups excluding tert-OH is 1. The van der Waals surface area contributed by atoms with Crippen LogP contribution in [0.5, 0.6) is 0 Å². The van der Waals surface area contributed by atoms with Crippen LogP contribution < -0.4 is 0 Å². The Kier molecular flexibility index (Phi) is 4.43. The first kappa shape index (κ1) is 15.7. The number of aryl methyl sites for hydroxylation is 2. The summed E-state index contributed by atoms with van der Waals surface area (Å²) in [6.07, 6.45) is 5.10. The lowest BCUT2D eigenvalue weighted by Gasteiger charge is -2.33. The number of aromatic nitrogens is 2. The number of furan rings is 1. The summed E-state index contributed by atoms with van der Waals surface area (Å²) in [6, 6.07) is 1.72. The van der Waals surface area contributed by atoms with Crippen molar-refractivity contribution in [2.24, 2.45) is 0 Å². The van der Waals surface area contributed by atoms with E-state index in [9.17, 15) is 9.90 Å². The lowest BCUT2D eigenvalue weighted by molar-refractivity contribution is 0.0703. The molecule has 0 radical (unpaired) electrons. The fraction of sp³-hybridized carbons (Fsp3) is 0.471. The van der Waals surface area contributed by atoms with Crippen molar-refractivity contribution in [3.63, 3.8) is 0 Å². The second-order valence-corrected chi connectivity index (χ2v) is 5.97. The second-order valence-electron chi connectivity index (χ2n) is 5.97. The quantitative estimate of drug-likeness (QED) is 0.939. The van der Waals surface area contributed by atoms with E-state index in [1.807, 2.05) is 11.8 Å². The van der Waals surface area contributed by atoms with Crippen LogP contribution in [-0.4, -0.2) is 39.0 Å². The third kappa shape index (κ3) is 3.12. The molecule has 3 rings (SSSR count). The van der Waals surface area contributed by atoms with E-state index in [0.717, 1.165) is 30.6 Å². The monoisotopic (exact) mass is 315 g/mol. The van der Waals surface area contributed by atoms with Crippen LogP contribution >= 0.6 is 0 Å². The van der Waals surface area contributed by atoms with Gasteiger partial charge in [-0.05, 0) is 32.8 Å². The molecule has 1 fully saturated rings. The van der Waals surface area contributed by atoms with E-state index in [2.05, 4.69) is 9.97 Å². The lowest BCUT2D eigenvalue weighted by Crippen LogP contribution is -2.39. The first-order valence-corrected chi connectivity index (χ1v) is 7.86. The molecule has 6 nitrogen and oxygen atoms in total. The van der Waals surface area contributed by atoms with Crippen molar-refractivity contribution in [1.29, 1.82) is 0 Å². The molecular formula is C17H21N3O3. The molecule has 2 aromatic rings. The Morgan fingerprint density at radius 2 is 2.30 bits per heavy atom. The number of nitrogens with zero attached hydrogens (tertiary/aromatic N) is 3. The number of hydrogen-bond donors (Lipinski definition) is 1. The fourth-order valence-electron chi connectivity index (χ4n) is 3.15. The van der Waals surface area contributed by atoms with Crippen LogP contribution in [0.2, 0.25) is 0 Å². The van der Waals surface area contributed by atoms with Crippen molar-refractivity contribution < 1.29 is 14.3 Å². The first-order chi connectivity index (χ1) is 11.1. The zero-order chi connectivity index (χ0) is 16.4. The largest absolute Gasteiger partial charge is 0.469 e. The molecule has 1 atom stereocenters. The van der Waals surface area contributed by atoms with E-state index >= 15 is 0 Å². The highest BCUT2D eigenvalue weighted by atomic mass is 16.3. The maximum atomic E-state index is 12.7. The molecule has 0 saturated carbocycles. The average Bonchev–Trinajstić information content (AvgIpc) is 3.00. The average molecular weight is 315 g/mol. The third-order valence-electron chi connectivity index (χ3n) is 4.37. The Labute approximate surface area is 135 Å². The highest BCUT2D eigenvalue weighted by molar-refractivity contribution is 5.95. The summed E-state index contributed by atoms with van der Waals surface area (Å²) in [5, 5.41) is 9.53. The number of rotatable bonds is 3. The number of hydrogen-bond acceptors (Lipinski definition) is 5. The maximum Gasteiger partial charge on any atom is 0.257 e. The van der Waals surface area contributed by atoms with Gasteiger partial charge in [-0.1, -0.05) is 0 Å². The number of likely N-dealkylation sites (tertiary alicyclic amines) is 1. The Balaban J connectivity index is 1.83. The predicted octanol–water partition coefficient (Wildman–Crippen LogP) is 2.20. The number of aliphatic hydroxyl groups is 1. The number of carbonyl (C=O) groups excluding carboxylic acids is 1. The van der Waals surface area contributed by atoms with Crippen LogP contribution in [-0.2, 0) is 6.61 Å². The van der Waals surface area contributed by atoms with Gasteiger partial charge in [-0.25, -0.2) is 9.97 Å². The minimum Gasteiger partial charge on any atom is -0.469 e. The van der Waals surface area contributed by atoms with E-state index in [1.165, 1.54) is 0 Å². The smallest absolute Gasteiger partial charge is 0.257 e. The number of amides is 1. The zero-order valence-electron chi connectivity index (χ0n) is 13.5. The Morgan fingerprint density at radius 1 is 1.48 bits per heavy atom. The van der Waals surface area contributed by atoms with Crippen LogP contribution in [0.4, 0.5) is 0 Å². The molecule has 3 heterocycles. The van der Waals surface area contributed by atoms with E-state index in [1.54, 1.807) is 25.5 Å². The molecule has 0 spiro atoms. The van der Waals surface area contributed by atoms with Gasteiger partial charge < -0.3 is 14.4 Å². The van der Waals surface area contributed by atoms with Gasteiger partial charge in [-0.2, -0.15) is 0 Å². The normalized spacial score (nSPS) is 18.2. The summed E-state index contributed by atoms with van der Waals surface area (Å²) in [7, 11) is 0. The van der Waals surface area contributed by atoms with Gasteiger partial charge in [0, 0.05) is 30.8 Å². The van der Waals surface area contributed by atoms with Gasteiger partial charge in [-0.15, -0.1) is 0 Å². The molecule has 6 heteroatoms. The van der Waals surface area contributed by atoms with Crippen LogP contribution in [0.1, 0.15) is 52.0 Å². The summed E-state index contributed by atoms with van der Waals surface area (Å²) in [6.45, 7) is 4.89. The Morgan fingerprint density at radius 3 is 3.00 bits per heavy atom. The van der Waals surface area contributed by atoms with Gasteiger partial charge in [0.1, 0.15) is 11.6 Å². The Bertz CT molecular complexity index is 711. The number of carbonyl (C=O) groups is 1. The molecule has 1 aliphatic rings. The summed E-state index contributed by atoms with van der Waals surface area (Å²) >= 11 is 0. The molecule has 1 N–H and O–H groups in total. The third-order valence-corrected chi connectivity index (χ3v) is 4.37. The standard InChI is InChI=1S/C17H21N3O3/c1-11-15(5-7-23-11)17(22)20-6-3-4-13(9-20)16-14(10-21)8-18-12(2)19-16/h5,7-8,13,21H,3-4,6,9-10H2,1-2H3. The van der Waals surface area contributed by atoms with Gasteiger partial charge in [0.15, 0.2) is 0 Å². The number of piperidine rings is 1. The molecule has 0 bridgehead atoms. The van der Waals surface area contributed by atoms with E-state index in [4.69, 9.17) is 4.42 Å². The van der Waals surface area contributed by atoms with Crippen molar-refractivity contribution in [1.82, 2.24) is 14.9 Å². The van der Waals surface area contributed by atoms with Gasteiger partial charge in [0.25, 0.3) is 5.91 Å². The van der Waals surface area contributed by atoms with Crippen molar-refractivity contribution in [3.8, 4) is 0 Å². The van der Waals surface area contributed by atoms with Crippen molar-refractivity contribution in [2.45, 2.75) is 39.2 Å². The summed E-state index contributed by atoms with van der Waals surface area (Å²) in [5.41, 5.74) is 2.22. The highest BCUT2D eigenvalue weighted by Crippen LogP contribution is 2.29. The minimum absolute atomic E-state index is 0.00252. The van der Waals surface area contributed by atoms with Crippen LogP contribution in [0, 0.1) is 13.8 Å². The van der Waals surface area contributed by atoms with Gasteiger partial charge in [0.05, 0.1) is 24.1 Å². The van der Waals surface area contributed by atoms with Gasteiger partial charge in [0.2, 0.25) is 0 Å². The molecule has 23 heavy (non-hydrogen) atoms. The van der Waals surface area contributed by atoms with E-state index < -0.39 is 0 Å². The SMILES string of the molecule is Cc1ncc(CO)c(C2CCCN(C(=O)c3ccoc3C)C2)n1. The lowest BCUT2D eigenvalue weighted by atomic mass is 9.91. The zero-order valence-corrected chi connectivity index (χ0v) is 13.5. The molecule has 2 aromatic heterocycles. The van der Waals surface area contributed by atoms with Gasteiger partial charge >= 0.3 is 0 Å². The van der Waals surface area contributed by atoms with E-state index in [-0.39, 0.29) is 18.4 Å². The molecule has 1 unspecified atom stereocenters. The molecular weight excluding hydrogens is 294 g/mol. The van der Waals surface area contributed by atoms with Crippen LogP contribution in [0.25, 0.3) is 0 Å². The maximum absolute atomic E-state index is 12.7. The molecule has 1 saturated heterocycles. The molecule has 1 amide bonds. The van der Waals surface area contributed by atoms with Crippen molar-refractivity contribution in [2.75, 3.05) is 13.1 Å². The van der Waals surface area contributed by atoms with Crippen LogP contribution in [0.3, 0.4) is 0 Å².